The highest BCUT2D eigenvalue weighted by Crippen LogP contribution is 2.18. The number of nitrogen functional groups attached to an aromatic ring is 1. The molecule has 0 fully saturated rings. The minimum absolute atomic E-state index is 0.0609. The van der Waals surface area contributed by atoms with Crippen LogP contribution in [0.2, 0.25) is 0 Å². The van der Waals surface area contributed by atoms with Crippen LogP contribution in [-0.2, 0) is 12.5 Å². The highest BCUT2D eigenvalue weighted by molar-refractivity contribution is 7.98. The Balaban J connectivity index is 1.44. The zero-order valence-electron chi connectivity index (χ0n) is 14.4. The predicted octanol–water partition coefficient (Wildman–Crippen LogP) is 1.56. The molecule has 4 rings (SSSR count). The molecule has 0 saturated heterocycles. The average molecular weight is 399 g/mol. The fraction of sp³-hybridized carbons (Fsp3) is 0.118. The number of rotatable bonds is 6. The lowest BCUT2D eigenvalue weighted by Gasteiger charge is -2.07. The summed E-state index contributed by atoms with van der Waals surface area (Å²) in [5.74, 6) is 6.68. The molecule has 0 amide bonds. The van der Waals surface area contributed by atoms with Crippen LogP contribution in [0.15, 0.2) is 58.5 Å². The van der Waals surface area contributed by atoms with E-state index in [0.29, 0.717) is 27.6 Å². The SMILES string of the molecule is Nn1c(COc2ccc(F)cc2)nnc1SCn1nnc2ccccc2c1=O. The Morgan fingerprint density at radius 3 is 2.68 bits per heavy atom. The van der Waals surface area contributed by atoms with Crippen LogP contribution in [0.25, 0.3) is 10.9 Å². The van der Waals surface area contributed by atoms with E-state index < -0.39 is 0 Å². The van der Waals surface area contributed by atoms with Crippen molar-refractivity contribution in [3.63, 3.8) is 0 Å². The van der Waals surface area contributed by atoms with Crippen molar-refractivity contribution in [2.75, 3.05) is 5.84 Å². The number of halogens is 1. The molecule has 0 aliphatic rings. The maximum Gasteiger partial charge on any atom is 0.278 e. The molecule has 9 nitrogen and oxygen atoms in total. The van der Waals surface area contributed by atoms with E-state index >= 15 is 0 Å². The standard InChI is InChI=1S/C17H14FN7O2S/c18-11-5-7-12(8-6-11)27-9-15-21-22-17(25(15)19)28-10-24-16(26)13-3-1-2-4-14(13)20-23-24/h1-8H,9-10,19H2. The highest BCUT2D eigenvalue weighted by Gasteiger charge is 2.13. The molecule has 2 heterocycles. The van der Waals surface area contributed by atoms with Crippen LogP contribution in [-0.4, -0.2) is 29.9 Å². The van der Waals surface area contributed by atoms with Gasteiger partial charge >= 0.3 is 0 Å². The minimum Gasteiger partial charge on any atom is -0.486 e. The van der Waals surface area contributed by atoms with Gasteiger partial charge in [0.2, 0.25) is 5.16 Å². The van der Waals surface area contributed by atoms with Crippen LogP contribution in [0.3, 0.4) is 0 Å². The first-order valence-electron chi connectivity index (χ1n) is 8.15. The Bertz CT molecular complexity index is 1180. The van der Waals surface area contributed by atoms with Gasteiger partial charge in [0.1, 0.15) is 23.7 Å². The van der Waals surface area contributed by atoms with Crippen LogP contribution in [0.5, 0.6) is 5.75 Å². The summed E-state index contributed by atoms with van der Waals surface area (Å²) in [4.78, 5) is 12.4. The van der Waals surface area contributed by atoms with E-state index in [0.717, 1.165) is 0 Å². The second kappa shape index (κ2) is 7.64. The number of nitrogens with two attached hydrogens (primary N) is 1. The van der Waals surface area contributed by atoms with Gasteiger partial charge in [0.15, 0.2) is 5.82 Å². The molecule has 0 radical (unpaired) electrons. The first-order valence-corrected chi connectivity index (χ1v) is 9.13. The predicted molar refractivity (Wildman–Crippen MR) is 101 cm³/mol. The van der Waals surface area contributed by atoms with Gasteiger partial charge in [0, 0.05) is 0 Å². The molecule has 0 atom stereocenters. The molecule has 2 aromatic carbocycles. The third kappa shape index (κ3) is 3.64. The van der Waals surface area contributed by atoms with Crippen molar-refractivity contribution in [2.45, 2.75) is 17.6 Å². The Labute approximate surface area is 161 Å². The van der Waals surface area contributed by atoms with Gasteiger partial charge in [-0.1, -0.05) is 29.1 Å². The maximum absolute atomic E-state index is 12.9. The van der Waals surface area contributed by atoms with Crippen molar-refractivity contribution >= 4 is 22.7 Å². The van der Waals surface area contributed by atoms with E-state index in [-0.39, 0.29) is 23.9 Å². The lowest BCUT2D eigenvalue weighted by atomic mass is 10.2. The van der Waals surface area contributed by atoms with Crippen LogP contribution >= 0.6 is 11.8 Å². The molecule has 2 aromatic heterocycles. The first kappa shape index (κ1) is 17.9. The maximum atomic E-state index is 12.9. The Kier molecular flexibility index (Phi) is 4.89. The summed E-state index contributed by atoms with van der Waals surface area (Å²) in [6.45, 7) is 0.0609. The lowest BCUT2D eigenvalue weighted by Crippen LogP contribution is -2.23. The van der Waals surface area contributed by atoms with Crippen molar-refractivity contribution < 1.29 is 9.13 Å². The highest BCUT2D eigenvalue weighted by atomic mass is 32.2. The molecule has 2 N–H and O–H groups in total. The van der Waals surface area contributed by atoms with Crippen LogP contribution in [0.1, 0.15) is 5.82 Å². The lowest BCUT2D eigenvalue weighted by molar-refractivity contribution is 0.291. The molecule has 0 spiro atoms. The number of nitrogens with zero attached hydrogens (tertiary/aromatic N) is 6. The summed E-state index contributed by atoms with van der Waals surface area (Å²) in [7, 11) is 0. The third-order valence-electron chi connectivity index (χ3n) is 3.86. The number of fused-ring (bicyclic) bond motifs is 1. The summed E-state index contributed by atoms with van der Waals surface area (Å²) in [6, 6.07) is 12.6. The first-order chi connectivity index (χ1) is 13.6. The van der Waals surface area contributed by atoms with E-state index in [4.69, 9.17) is 10.6 Å². The van der Waals surface area contributed by atoms with Crippen molar-refractivity contribution in [1.82, 2.24) is 29.9 Å². The summed E-state index contributed by atoms with van der Waals surface area (Å²) >= 11 is 1.19. The van der Waals surface area contributed by atoms with E-state index in [2.05, 4.69) is 20.5 Å². The quantitative estimate of drug-likeness (QED) is 0.384. The van der Waals surface area contributed by atoms with Gasteiger partial charge in [-0.3, -0.25) is 4.79 Å². The molecular weight excluding hydrogens is 385 g/mol. The number of benzene rings is 2. The molecular formula is C17H14FN7O2S. The van der Waals surface area contributed by atoms with E-state index in [1.807, 2.05) is 0 Å². The van der Waals surface area contributed by atoms with Crippen LogP contribution in [0.4, 0.5) is 4.39 Å². The Morgan fingerprint density at radius 1 is 1.07 bits per heavy atom. The van der Waals surface area contributed by atoms with Gasteiger partial charge in [-0.2, -0.15) is 4.68 Å². The van der Waals surface area contributed by atoms with Gasteiger partial charge in [0.05, 0.1) is 11.3 Å². The van der Waals surface area contributed by atoms with Crippen molar-refractivity contribution in [1.29, 1.82) is 0 Å². The van der Waals surface area contributed by atoms with E-state index in [9.17, 15) is 9.18 Å². The Morgan fingerprint density at radius 2 is 1.86 bits per heavy atom. The van der Waals surface area contributed by atoms with Crippen molar-refractivity contribution in [3.05, 3.63) is 70.5 Å². The van der Waals surface area contributed by atoms with E-state index in [1.165, 1.54) is 45.4 Å². The second-order valence-electron chi connectivity index (χ2n) is 5.70. The summed E-state index contributed by atoms with van der Waals surface area (Å²) in [5.41, 5.74) is 0.289. The van der Waals surface area contributed by atoms with Crippen molar-refractivity contribution in [3.8, 4) is 5.75 Å². The monoisotopic (exact) mass is 399 g/mol. The number of hydrogen-bond donors (Lipinski definition) is 1. The zero-order valence-corrected chi connectivity index (χ0v) is 15.2. The molecule has 4 aromatic rings. The fourth-order valence-electron chi connectivity index (χ4n) is 2.41. The Hall–Kier alpha value is -3.47. The molecule has 0 unspecified atom stereocenters. The van der Waals surface area contributed by atoms with Gasteiger partial charge in [-0.05, 0) is 36.4 Å². The number of hydrogen-bond acceptors (Lipinski definition) is 8. The third-order valence-corrected chi connectivity index (χ3v) is 4.77. The normalized spacial score (nSPS) is 11.0. The molecule has 0 aliphatic heterocycles. The summed E-state index contributed by atoms with van der Waals surface area (Å²) in [5, 5.41) is 16.8. The topological polar surface area (TPSA) is 114 Å². The average Bonchev–Trinajstić information content (AvgIpc) is 3.07. The molecule has 0 aliphatic carbocycles. The van der Waals surface area contributed by atoms with Crippen LogP contribution < -0.4 is 16.1 Å². The van der Waals surface area contributed by atoms with Gasteiger partial charge in [0.25, 0.3) is 5.56 Å². The number of aromatic nitrogens is 6. The summed E-state index contributed by atoms with van der Waals surface area (Å²) in [6.07, 6.45) is 0. The van der Waals surface area contributed by atoms with Gasteiger partial charge < -0.3 is 10.6 Å². The van der Waals surface area contributed by atoms with Gasteiger partial charge in [-0.25, -0.2) is 9.07 Å². The minimum atomic E-state index is -0.347. The van der Waals surface area contributed by atoms with Crippen molar-refractivity contribution in [2.24, 2.45) is 0 Å². The molecule has 142 valence electrons. The summed E-state index contributed by atoms with van der Waals surface area (Å²) < 4.78 is 20.9. The van der Waals surface area contributed by atoms with E-state index in [1.54, 1.807) is 24.3 Å². The number of ether oxygens (including phenoxy) is 1. The van der Waals surface area contributed by atoms with Crippen LogP contribution in [0, 0.1) is 5.82 Å². The van der Waals surface area contributed by atoms with Gasteiger partial charge in [-0.15, -0.1) is 15.3 Å². The molecule has 11 heteroatoms. The second-order valence-corrected chi connectivity index (χ2v) is 6.61. The molecule has 28 heavy (non-hydrogen) atoms. The fourth-order valence-corrected chi connectivity index (χ4v) is 3.16. The zero-order chi connectivity index (χ0) is 19.5. The molecule has 0 bridgehead atoms. The molecule has 0 saturated carbocycles. The number of thioether (sulfide) groups is 1. The largest absolute Gasteiger partial charge is 0.486 e. The smallest absolute Gasteiger partial charge is 0.278 e.